The van der Waals surface area contributed by atoms with Gasteiger partial charge in [0.05, 0.1) is 35.3 Å². The number of amides is 1. The number of carbonyl (C=O) groups is 2. The first kappa shape index (κ1) is 23.4. The zero-order chi connectivity index (χ0) is 24.2. The minimum atomic E-state index is -0.362. The predicted octanol–water partition coefficient (Wildman–Crippen LogP) is 4.94. The molecule has 4 aromatic rings. The lowest BCUT2D eigenvalue weighted by Crippen LogP contribution is -2.21. The lowest BCUT2D eigenvalue weighted by molar-refractivity contribution is 0.0505. The van der Waals surface area contributed by atoms with Crippen LogP contribution in [0.1, 0.15) is 50.1 Å². The maximum absolute atomic E-state index is 13.2. The van der Waals surface area contributed by atoms with Gasteiger partial charge < -0.3 is 10.1 Å². The summed E-state index contributed by atoms with van der Waals surface area (Å²) in [4.78, 5) is 43.6. The Balaban J connectivity index is 1.58. The molecule has 2 aromatic heterocycles. The van der Waals surface area contributed by atoms with Gasteiger partial charge in [-0.2, -0.15) is 0 Å². The van der Waals surface area contributed by atoms with E-state index in [2.05, 4.69) is 10.3 Å². The predicted molar refractivity (Wildman–Crippen MR) is 134 cm³/mol. The van der Waals surface area contributed by atoms with E-state index in [0.717, 1.165) is 23.2 Å². The molecular formula is C26H25N3O4S. The number of thiophene rings is 1. The van der Waals surface area contributed by atoms with Crippen molar-refractivity contribution >= 4 is 39.1 Å². The number of esters is 1. The van der Waals surface area contributed by atoms with E-state index in [0.29, 0.717) is 39.4 Å². The Kier molecular flexibility index (Phi) is 6.88. The quantitative estimate of drug-likeness (QED) is 0.382. The van der Waals surface area contributed by atoms with Crippen molar-refractivity contribution in [1.29, 1.82) is 0 Å². The van der Waals surface area contributed by atoms with Gasteiger partial charge in [0.25, 0.3) is 11.5 Å². The number of carbonyl (C=O) groups excluding carboxylic acids is 2. The fourth-order valence-electron chi connectivity index (χ4n) is 3.60. The van der Waals surface area contributed by atoms with Gasteiger partial charge in [0.1, 0.15) is 4.83 Å². The Hall–Kier alpha value is -3.78. The number of rotatable bonds is 7. The first-order valence-electron chi connectivity index (χ1n) is 11.0. The van der Waals surface area contributed by atoms with Crippen LogP contribution in [-0.2, 0) is 11.3 Å². The van der Waals surface area contributed by atoms with Crippen LogP contribution in [0.4, 0.5) is 5.69 Å². The summed E-state index contributed by atoms with van der Waals surface area (Å²) in [5.74, 6) is -0.620. The van der Waals surface area contributed by atoms with E-state index in [1.54, 1.807) is 31.2 Å². The maximum Gasteiger partial charge on any atom is 0.338 e. The number of aryl methyl sites for hydroxylation is 2. The second-order valence-electron chi connectivity index (χ2n) is 8.02. The lowest BCUT2D eigenvalue weighted by atomic mass is 10.1. The zero-order valence-corrected chi connectivity index (χ0v) is 20.1. The van der Waals surface area contributed by atoms with Gasteiger partial charge in [-0.1, -0.05) is 37.3 Å². The van der Waals surface area contributed by atoms with Crippen LogP contribution in [0, 0.1) is 13.8 Å². The number of fused-ring (bicyclic) bond motifs is 1. The van der Waals surface area contributed by atoms with E-state index in [1.807, 2.05) is 38.1 Å². The molecule has 0 radical (unpaired) electrons. The van der Waals surface area contributed by atoms with Crippen molar-refractivity contribution < 1.29 is 14.3 Å². The Bertz CT molecular complexity index is 1420. The number of anilines is 1. The second kappa shape index (κ2) is 10.0. The highest BCUT2D eigenvalue weighted by atomic mass is 32.1. The largest absolute Gasteiger partial charge is 0.462 e. The van der Waals surface area contributed by atoms with Crippen molar-refractivity contribution in [2.45, 2.75) is 33.7 Å². The van der Waals surface area contributed by atoms with Gasteiger partial charge >= 0.3 is 5.97 Å². The first-order valence-corrected chi connectivity index (χ1v) is 11.8. The van der Waals surface area contributed by atoms with Crippen molar-refractivity contribution in [2.75, 3.05) is 11.9 Å². The van der Waals surface area contributed by atoms with Crippen molar-refractivity contribution in [3.63, 3.8) is 0 Å². The van der Waals surface area contributed by atoms with Crippen LogP contribution in [0.3, 0.4) is 0 Å². The molecule has 1 N–H and O–H groups in total. The maximum atomic E-state index is 13.2. The fourth-order valence-corrected chi connectivity index (χ4v) is 4.64. The van der Waals surface area contributed by atoms with Gasteiger partial charge in [-0.15, -0.1) is 11.3 Å². The summed E-state index contributed by atoms with van der Waals surface area (Å²) in [6, 6.07) is 14.5. The third kappa shape index (κ3) is 4.77. The molecule has 0 unspecified atom stereocenters. The Morgan fingerprint density at radius 2 is 1.82 bits per heavy atom. The summed E-state index contributed by atoms with van der Waals surface area (Å²) in [5, 5.41) is 3.37. The van der Waals surface area contributed by atoms with Crippen molar-refractivity contribution in [3.8, 4) is 0 Å². The standard InChI is InChI=1S/C26H25N3O4S/c1-4-13-33-26(32)19-11-9-18(10-12-19)14-29-15-27-24-21(25(29)31)17(3)22(34-24)23(30)28-20-8-6-5-7-16(20)2/h5-12,15H,4,13-14H2,1-3H3,(H,28,30). The Labute approximate surface area is 201 Å². The van der Waals surface area contributed by atoms with Crippen LogP contribution in [0.25, 0.3) is 10.2 Å². The lowest BCUT2D eigenvalue weighted by Gasteiger charge is -2.08. The molecule has 2 aromatic carbocycles. The highest BCUT2D eigenvalue weighted by Crippen LogP contribution is 2.28. The molecule has 0 aliphatic heterocycles. The van der Waals surface area contributed by atoms with Gasteiger partial charge in [0.15, 0.2) is 0 Å². The van der Waals surface area contributed by atoms with E-state index in [-0.39, 0.29) is 17.4 Å². The van der Waals surface area contributed by atoms with Gasteiger partial charge in [-0.25, -0.2) is 9.78 Å². The smallest absolute Gasteiger partial charge is 0.338 e. The summed E-state index contributed by atoms with van der Waals surface area (Å²) in [6.07, 6.45) is 2.26. The molecule has 0 spiro atoms. The minimum Gasteiger partial charge on any atom is -0.462 e. The van der Waals surface area contributed by atoms with E-state index >= 15 is 0 Å². The van der Waals surface area contributed by atoms with Crippen LogP contribution >= 0.6 is 11.3 Å². The van der Waals surface area contributed by atoms with E-state index in [4.69, 9.17) is 4.74 Å². The topological polar surface area (TPSA) is 90.3 Å². The van der Waals surface area contributed by atoms with E-state index in [9.17, 15) is 14.4 Å². The van der Waals surface area contributed by atoms with Crippen molar-refractivity contribution in [2.24, 2.45) is 0 Å². The summed E-state index contributed by atoms with van der Waals surface area (Å²) >= 11 is 1.21. The number of para-hydroxylation sites is 1. The minimum absolute atomic E-state index is 0.208. The molecule has 7 nitrogen and oxygen atoms in total. The van der Waals surface area contributed by atoms with Crippen LogP contribution in [-0.4, -0.2) is 28.0 Å². The zero-order valence-electron chi connectivity index (χ0n) is 19.3. The highest BCUT2D eigenvalue weighted by Gasteiger charge is 2.20. The molecule has 1 amide bonds. The Morgan fingerprint density at radius 1 is 1.09 bits per heavy atom. The number of benzene rings is 2. The third-order valence-electron chi connectivity index (χ3n) is 5.50. The monoisotopic (exact) mass is 475 g/mol. The van der Waals surface area contributed by atoms with Crippen LogP contribution in [0.2, 0.25) is 0 Å². The number of nitrogens with zero attached hydrogens (tertiary/aromatic N) is 2. The highest BCUT2D eigenvalue weighted by molar-refractivity contribution is 7.20. The van der Waals surface area contributed by atoms with Crippen molar-refractivity contribution in [1.82, 2.24) is 9.55 Å². The molecule has 0 saturated carbocycles. The van der Waals surface area contributed by atoms with Crippen LogP contribution in [0.5, 0.6) is 0 Å². The molecular weight excluding hydrogens is 450 g/mol. The molecule has 34 heavy (non-hydrogen) atoms. The molecule has 0 aliphatic carbocycles. The molecule has 2 heterocycles. The van der Waals surface area contributed by atoms with Crippen LogP contribution < -0.4 is 10.9 Å². The van der Waals surface area contributed by atoms with Gasteiger partial charge in [0.2, 0.25) is 0 Å². The SMILES string of the molecule is CCCOC(=O)c1ccc(Cn2cnc3sc(C(=O)Nc4ccccc4C)c(C)c3c2=O)cc1. The summed E-state index contributed by atoms with van der Waals surface area (Å²) in [6.45, 7) is 6.32. The number of nitrogens with one attached hydrogen (secondary N) is 1. The molecule has 174 valence electrons. The number of ether oxygens (including phenoxy) is 1. The summed E-state index contributed by atoms with van der Waals surface area (Å²) < 4.78 is 6.66. The van der Waals surface area contributed by atoms with E-state index < -0.39 is 0 Å². The molecule has 8 heteroatoms. The average Bonchev–Trinajstić information content (AvgIpc) is 3.18. The summed E-state index contributed by atoms with van der Waals surface area (Å²) in [5.41, 5.74) is 3.42. The number of hydrogen-bond donors (Lipinski definition) is 1. The molecule has 4 rings (SSSR count). The summed E-state index contributed by atoms with van der Waals surface area (Å²) in [7, 11) is 0. The molecule has 0 fully saturated rings. The van der Waals surface area contributed by atoms with Crippen molar-refractivity contribution in [3.05, 3.63) is 92.3 Å². The van der Waals surface area contributed by atoms with Gasteiger partial charge in [-0.05, 0) is 55.2 Å². The average molecular weight is 476 g/mol. The van der Waals surface area contributed by atoms with Crippen LogP contribution in [0.15, 0.2) is 59.7 Å². The number of hydrogen-bond acceptors (Lipinski definition) is 6. The normalized spacial score (nSPS) is 10.9. The van der Waals surface area contributed by atoms with Gasteiger partial charge in [-0.3, -0.25) is 14.2 Å². The van der Waals surface area contributed by atoms with E-state index in [1.165, 1.54) is 22.2 Å². The molecule has 0 aliphatic rings. The fraction of sp³-hybridized carbons (Fsp3) is 0.231. The molecule has 0 bridgehead atoms. The molecule has 0 saturated heterocycles. The molecule has 0 atom stereocenters. The number of aromatic nitrogens is 2. The Morgan fingerprint density at radius 3 is 2.53 bits per heavy atom. The second-order valence-corrected chi connectivity index (χ2v) is 9.01. The first-order chi connectivity index (χ1) is 16.4. The third-order valence-corrected chi connectivity index (χ3v) is 6.70. The van der Waals surface area contributed by atoms with Gasteiger partial charge in [0, 0.05) is 5.69 Å².